The number of amides is 2. The van der Waals surface area contributed by atoms with Crippen LogP contribution in [0.2, 0.25) is 0 Å². The number of hydrogen-bond acceptors (Lipinski definition) is 2. The van der Waals surface area contributed by atoms with Crippen molar-refractivity contribution in [3.05, 3.63) is 0 Å². The van der Waals surface area contributed by atoms with Gasteiger partial charge in [0.25, 0.3) is 0 Å². The largest absolute Gasteiger partial charge is 0.285 e. The Morgan fingerprint density at radius 1 is 1.60 bits per heavy atom. The molecule has 0 spiro atoms. The number of rotatable bonds is 3. The molecule has 15 heavy (non-hydrogen) atoms. The van der Waals surface area contributed by atoms with Gasteiger partial charge in [-0.1, -0.05) is 43.4 Å². The zero-order valence-electron chi connectivity index (χ0n) is 9.71. The molecule has 0 radical (unpaired) electrons. The molecule has 0 aliphatic carbocycles. The average Bonchev–Trinajstić information content (AvgIpc) is 2.45. The van der Waals surface area contributed by atoms with E-state index in [1.807, 2.05) is 0 Å². The van der Waals surface area contributed by atoms with E-state index in [0.717, 1.165) is 6.42 Å². The van der Waals surface area contributed by atoms with Gasteiger partial charge in [0, 0.05) is 16.9 Å². The van der Waals surface area contributed by atoms with Gasteiger partial charge in [-0.2, -0.15) is 0 Å². The lowest BCUT2D eigenvalue weighted by Gasteiger charge is -2.31. The van der Waals surface area contributed by atoms with Crippen LogP contribution in [0.4, 0.5) is 0 Å². The number of carbonyl (C=O) groups excluding carboxylic acids is 2. The molecule has 0 aromatic carbocycles. The number of hydrogen-bond donors (Lipinski definition) is 0. The Bertz CT molecular complexity index is 288. The summed E-state index contributed by atoms with van der Waals surface area (Å²) in [7, 11) is 1.58. The molecule has 0 saturated carbocycles. The van der Waals surface area contributed by atoms with E-state index in [2.05, 4.69) is 43.4 Å². The lowest BCUT2D eigenvalue weighted by molar-refractivity contribution is -0.138. The van der Waals surface area contributed by atoms with Crippen molar-refractivity contribution in [3.8, 4) is 0 Å². The standard InChI is InChI=1S/C11H18INO2/c1-5-11(3,12)7(2)8-6-9(14)13(4)10(8)15/h7-8H,5-6H2,1-4H3. The zero-order chi connectivity index (χ0) is 11.8. The highest BCUT2D eigenvalue weighted by molar-refractivity contribution is 14.1. The van der Waals surface area contributed by atoms with Gasteiger partial charge in [-0.15, -0.1) is 0 Å². The predicted octanol–water partition coefficient (Wildman–Crippen LogP) is 2.23. The zero-order valence-corrected chi connectivity index (χ0v) is 11.9. The Morgan fingerprint density at radius 2 is 2.13 bits per heavy atom. The van der Waals surface area contributed by atoms with Crippen LogP contribution in [0.1, 0.15) is 33.6 Å². The van der Waals surface area contributed by atoms with Gasteiger partial charge < -0.3 is 0 Å². The molecule has 2 amide bonds. The molecular weight excluding hydrogens is 305 g/mol. The van der Waals surface area contributed by atoms with E-state index in [1.165, 1.54) is 4.90 Å². The van der Waals surface area contributed by atoms with Crippen LogP contribution in [-0.2, 0) is 9.59 Å². The van der Waals surface area contributed by atoms with Crippen LogP contribution in [0, 0.1) is 11.8 Å². The summed E-state index contributed by atoms with van der Waals surface area (Å²) in [4.78, 5) is 24.5. The summed E-state index contributed by atoms with van der Waals surface area (Å²) in [6.45, 7) is 6.34. The van der Waals surface area contributed by atoms with Gasteiger partial charge in [0.05, 0.1) is 5.92 Å². The van der Waals surface area contributed by atoms with Crippen LogP contribution in [0.3, 0.4) is 0 Å². The maximum Gasteiger partial charge on any atom is 0.232 e. The third-order valence-electron chi connectivity index (χ3n) is 3.66. The van der Waals surface area contributed by atoms with E-state index in [1.54, 1.807) is 7.05 Å². The molecule has 4 heteroatoms. The smallest absolute Gasteiger partial charge is 0.232 e. The SMILES string of the molecule is CCC(C)(I)C(C)C1CC(=O)N(C)C1=O. The van der Waals surface area contributed by atoms with Crippen molar-refractivity contribution >= 4 is 34.4 Å². The molecule has 1 heterocycles. The second kappa shape index (κ2) is 4.39. The number of carbonyl (C=O) groups is 2. The van der Waals surface area contributed by atoms with Gasteiger partial charge >= 0.3 is 0 Å². The van der Waals surface area contributed by atoms with Crippen molar-refractivity contribution in [1.29, 1.82) is 0 Å². The Balaban J connectivity index is 2.83. The van der Waals surface area contributed by atoms with Crippen LogP contribution in [0.25, 0.3) is 0 Å². The summed E-state index contributed by atoms with van der Waals surface area (Å²) in [5.41, 5.74) is 0. The van der Waals surface area contributed by atoms with E-state index >= 15 is 0 Å². The van der Waals surface area contributed by atoms with Gasteiger partial charge in [0.15, 0.2) is 0 Å². The molecular formula is C11H18INO2. The van der Waals surface area contributed by atoms with Crippen molar-refractivity contribution in [3.63, 3.8) is 0 Å². The predicted molar refractivity (Wildman–Crippen MR) is 67.8 cm³/mol. The van der Waals surface area contributed by atoms with Gasteiger partial charge in [-0.05, 0) is 12.3 Å². The summed E-state index contributed by atoms with van der Waals surface area (Å²) in [5.74, 6) is 0.0674. The Kier molecular flexibility index (Phi) is 3.79. The second-order valence-corrected chi connectivity index (χ2v) is 6.99. The van der Waals surface area contributed by atoms with Crippen molar-refractivity contribution < 1.29 is 9.59 Å². The Hall–Kier alpha value is -0.130. The number of likely N-dealkylation sites (tertiary alicyclic amines) is 1. The highest BCUT2D eigenvalue weighted by Crippen LogP contribution is 2.40. The van der Waals surface area contributed by atoms with Gasteiger partial charge in [-0.25, -0.2) is 0 Å². The van der Waals surface area contributed by atoms with E-state index < -0.39 is 0 Å². The van der Waals surface area contributed by atoms with Crippen LogP contribution in [-0.4, -0.2) is 27.2 Å². The minimum atomic E-state index is -0.121. The fourth-order valence-corrected chi connectivity index (χ4v) is 2.35. The van der Waals surface area contributed by atoms with Gasteiger partial charge in [0.2, 0.25) is 11.8 Å². The normalized spacial score (nSPS) is 28.1. The topological polar surface area (TPSA) is 37.4 Å². The van der Waals surface area contributed by atoms with Crippen molar-refractivity contribution in [2.75, 3.05) is 7.05 Å². The molecule has 0 bridgehead atoms. The molecule has 3 unspecified atom stereocenters. The lowest BCUT2D eigenvalue weighted by atomic mass is 9.81. The quantitative estimate of drug-likeness (QED) is 0.454. The molecule has 1 saturated heterocycles. The average molecular weight is 323 g/mol. The van der Waals surface area contributed by atoms with Crippen molar-refractivity contribution in [2.45, 2.75) is 37.0 Å². The van der Waals surface area contributed by atoms with E-state index in [0.29, 0.717) is 6.42 Å². The maximum absolute atomic E-state index is 11.8. The molecule has 86 valence electrons. The van der Waals surface area contributed by atoms with Gasteiger partial charge in [0.1, 0.15) is 0 Å². The summed E-state index contributed by atoms with van der Waals surface area (Å²) < 4.78 is 0.0869. The Morgan fingerprint density at radius 3 is 2.47 bits per heavy atom. The Labute approximate surface area is 105 Å². The fourth-order valence-electron chi connectivity index (χ4n) is 1.92. The minimum absolute atomic E-state index is 0.0103. The molecule has 1 aliphatic rings. The van der Waals surface area contributed by atoms with Crippen LogP contribution >= 0.6 is 22.6 Å². The molecule has 1 aliphatic heterocycles. The summed E-state index contributed by atoms with van der Waals surface area (Å²) in [6.07, 6.45) is 1.39. The first-order valence-corrected chi connectivity index (χ1v) is 6.38. The molecule has 3 nitrogen and oxygen atoms in total. The number of alkyl halides is 1. The second-order valence-electron chi connectivity index (χ2n) is 4.52. The van der Waals surface area contributed by atoms with Crippen LogP contribution in [0.5, 0.6) is 0 Å². The van der Waals surface area contributed by atoms with Crippen LogP contribution in [0.15, 0.2) is 0 Å². The summed E-state index contributed by atoms with van der Waals surface area (Å²) in [6, 6.07) is 0. The van der Waals surface area contributed by atoms with Crippen LogP contribution < -0.4 is 0 Å². The number of nitrogens with zero attached hydrogens (tertiary/aromatic N) is 1. The highest BCUT2D eigenvalue weighted by atomic mass is 127. The van der Waals surface area contributed by atoms with E-state index in [4.69, 9.17) is 0 Å². The van der Waals surface area contributed by atoms with Crippen molar-refractivity contribution in [2.24, 2.45) is 11.8 Å². The maximum atomic E-state index is 11.8. The summed E-state index contributed by atoms with van der Waals surface area (Å²) >= 11 is 2.40. The summed E-state index contributed by atoms with van der Waals surface area (Å²) in [5, 5.41) is 0. The molecule has 1 rings (SSSR count). The molecule has 1 fully saturated rings. The first-order chi connectivity index (χ1) is 6.81. The first-order valence-electron chi connectivity index (χ1n) is 5.30. The molecule has 3 atom stereocenters. The molecule has 0 aromatic rings. The number of imide groups is 1. The third kappa shape index (κ3) is 2.34. The fraction of sp³-hybridized carbons (Fsp3) is 0.818. The number of halogens is 1. The monoisotopic (exact) mass is 323 g/mol. The molecule has 0 N–H and O–H groups in total. The third-order valence-corrected chi connectivity index (χ3v) is 5.41. The van der Waals surface area contributed by atoms with Gasteiger partial charge in [-0.3, -0.25) is 14.5 Å². The molecule has 0 aromatic heterocycles. The van der Waals surface area contributed by atoms with E-state index in [-0.39, 0.29) is 27.1 Å². The van der Waals surface area contributed by atoms with Crippen molar-refractivity contribution in [1.82, 2.24) is 4.90 Å². The minimum Gasteiger partial charge on any atom is -0.285 e. The lowest BCUT2D eigenvalue weighted by Crippen LogP contribution is -2.35. The first kappa shape index (κ1) is 12.9. The van der Waals surface area contributed by atoms with E-state index in [9.17, 15) is 9.59 Å². The highest BCUT2D eigenvalue weighted by Gasteiger charge is 2.44.